The molecule has 1 aromatic carbocycles. The van der Waals surface area contributed by atoms with Crippen molar-refractivity contribution in [1.29, 1.82) is 0 Å². The largest absolute Gasteiger partial charge is 0.345 e. The van der Waals surface area contributed by atoms with Crippen molar-refractivity contribution in [3.05, 3.63) is 49.1 Å². The highest BCUT2D eigenvalue weighted by molar-refractivity contribution is 9.11. The van der Waals surface area contributed by atoms with E-state index in [0.29, 0.717) is 5.69 Å². The van der Waals surface area contributed by atoms with Gasteiger partial charge in [-0.05, 0) is 78.5 Å². The molecule has 0 saturated heterocycles. The summed E-state index contributed by atoms with van der Waals surface area (Å²) in [5.41, 5.74) is 2.43. The number of carbonyl (C=O) groups excluding carboxylic acids is 1. The zero-order chi connectivity index (χ0) is 14.2. The molecule has 0 atom stereocenters. The Kier molecular flexibility index (Phi) is 4.53. The summed E-state index contributed by atoms with van der Waals surface area (Å²) in [5, 5.41) is 2.90. The van der Waals surface area contributed by atoms with Crippen LogP contribution in [0.2, 0.25) is 0 Å². The van der Waals surface area contributed by atoms with Crippen molar-refractivity contribution in [2.45, 2.75) is 6.92 Å². The van der Waals surface area contributed by atoms with Gasteiger partial charge in [0.25, 0.3) is 5.91 Å². The minimum Gasteiger partial charge on any atom is -0.345 e. The van der Waals surface area contributed by atoms with Gasteiger partial charge in [0.2, 0.25) is 0 Å². The minimum atomic E-state index is -0.154. The molecule has 1 N–H and O–H groups in total. The molecule has 0 unspecified atom stereocenters. The van der Waals surface area contributed by atoms with Gasteiger partial charge in [0.15, 0.2) is 0 Å². The lowest BCUT2D eigenvalue weighted by molar-refractivity contribution is 0.101. The van der Waals surface area contributed by atoms with Crippen LogP contribution in [0.25, 0.3) is 0 Å². The van der Waals surface area contributed by atoms with E-state index in [1.54, 1.807) is 10.6 Å². The van der Waals surface area contributed by atoms with Gasteiger partial charge in [0.05, 0.1) is 5.69 Å². The summed E-state index contributed by atoms with van der Waals surface area (Å²) in [7, 11) is 1.83. The highest BCUT2D eigenvalue weighted by Gasteiger charge is 2.14. The van der Waals surface area contributed by atoms with E-state index in [0.717, 1.165) is 24.7 Å². The van der Waals surface area contributed by atoms with Gasteiger partial charge in [-0.3, -0.25) is 4.79 Å². The van der Waals surface area contributed by atoms with Gasteiger partial charge >= 0.3 is 0 Å². The van der Waals surface area contributed by atoms with Crippen LogP contribution in [0.5, 0.6) is 0 Å². The highest BCUT2D eigenvalue weighted by atomic mass is 79.9. The van der Waals surface area contributed by atoms with Crippen LogP contribution in [-0.2, 0) is 7.05 Å². The Morgan fingerprint density at radius 2 is 1.74 bits per heavy atom. The number of nitrogens with one attached hydrogen (secondary N) is 1. The molecule has 19 heavy (non-hydrogen) atoms. The molecule has 1 heterocycles. The second kappa shape index (κ2) is 5.81. The van der Waals surface area contributed by atoms with Crippen molar-refractivity contribution in [2.75, 3.05) is 5.32 Å². The van der Waals surface area contributed by atoms with Gasteiger partial charge < -0.3 is 9.88 Å². The first-order valence-electron chi connectivity index (χ1n) is 5.47. The standard InChI is InChI=1S/C13H11Br3N2O/c1-7-3-9(15)12(10(16)4-7)17-13(19)11-5-8(14)6-18(11)2/h3-6H,1-2H3,(H,17,19). The van der Waals surface area contributed by atoms with E-state index >= 15 is 0 Å². The summed E-state index contributed by atoms with van der Waals surface area (Å²) in [6, 6.07) is 5.70. The third kappa shape index (κ3) is 3.30. The van der Waals surface area contributed by atoms with Gasteiger partial charge in [-0.15, -0.1) is 0 Å². The monoisotopic (exact) mass is 448 g/mol. The number of halogens is 3. The molecule has 0 saturated carbocycles. The van der Waals surface area contributed by atoms with Crippen molar-refractivity contribution in [3.8, 4) is 0 Å². The fourth-order valence-electron chi connectivity index (χ4n) is 1.75. The minimum absolute atomic E-state index is 0.154. The maximum Gasteiger partial charge on any atom is 0.272 e. The van der Waals surface area contributed by atoms with Crippen LogP contribution in [0.3, 0.4) is 0 Å². The number of anilines is 1. The number of nitrogens with zero attached hydrogens (tertiary/aromatic N) is 1. The fraction of sp³-hybridized carbons (Fsp3) is 0.154. The van der Waals surface area contributed by atoms with E-state index in [9.17, 15) is 4.79 Å². The van der Waals surface area contributed by atoms with Gasteiger partial charge in [-0.2, -0.15) is 0 Å². The van der Waals surface area contributed by atoms with Crippen LogP contribution in [0.1, 0.15) is 16.1 Å². The third-order valence-corrected chi connectivity index (χ3v) is 4.31. The molecule has 1 aromatic heterocycles. The first-order chi connectivity index (χ1) is 8.88. The lowest BCUT2D eigenvalue weighted by Crippen LogP contribution is -2.16. The van der Waals surface area contributed by atoms with Crippen LogP contribution in [0.4, 0.5) is 5.69 Å². The van der Waals surface area contributed by atoms with E-state index in [1.165, 1.54) is 0 Å². The maximum absolute atomic E-state index is 12.2. The Morgan fingerprint density at radius 3 is 2.21 bits per heavy atom. The number of rotatable bonds is 2. The summed E-state index contributed by atoms with van der Waals surface area (Å²) in [5.74, 6) is -0.154. The number of aromatic nitrogens is 1. The van der Waals surface area contributed by atoms with Crippen molar-refractivity contribution < 1.29 is 4.79 Å². The molecule has 1 amide bonds. The Balaban J connectivity index is 2.32. The number of aryl methyl sites for hydroxylation is 2. The van der Waals surface area contributed by atoms with Gasteiger partial charge in [0.1, 0.15) is 5.69 Å². The molecule has 0 bridgehead atoms. The fourth-order valence-corrected chi connectivity index (χ4v) is 3.88. The third-order valence-electron chi connectivity index (χ3n) is 2.63. The van der Waals surface area contributed by atoms with Crippen LogP contribution in [0, 0.1) is 6.92 Å². The Hall–Kier alpha value is -0.590. The van der Waals surface area contributed by atoms with Crippen LogP contribution in [0.15, 0.2) is 37.8 Å². The van der Waals surface area contributed by atoms with Crippen molar-refractivity contribution >= 4 is 59.4 Å². The topological polar surface area (TPSA) is 34.0 Å². The molecule has 6 heteroatoms. The molecule has 3 nitrogen and oxygen atoms in total. The zero-order valence-electron chi connectivity index (χ0n) is 10.3. The van der Waals surface area contributed by atoms with Gasteiger partial charge in [-0.1, -0.05) is 0 Å². The van der Waals surface area contributed by atoms with Crippen LogP contribution < -0.4 is 5.32 Å². The molecule has 0 spiro atoms. The predicted octanol–water partition coefficient (Wildman–Crippen LogP) is 4.87. The second-order valence-electron chi connectivity index (χ2n) is 4.21. The van der Waals surface area contributed by atoms with Gasteiger partial charge in [-0.25, -0.2) is 0 Å². The summed E-state index contributed by atoms with van der Waals surface area (Å²) >= 11 is 10.3. The Labute approximate surface area is 136 Å². The van der Waals surface area contributed by atoms with Crippen molar-refractivity contribution in [2.24, 2.45) is 7.05 Å². The summed E-state index contributed by atoms with van der Waals surface area (Å²) < 4.78 is 4.35. The number of hydrogen-bond acceptors (Lipinski definition) is 1. The second-order valence-corrected chi connectivity index (χ2v) is 6.84. The molecule has 0 aliphatic rings. The van der Waals surface area contributed by atoms with Crippen LogP contribution in [-0.4, -0.2) is 10.5 Å². The summed E-state index contributed by atoms with van der Waals surface area (Å²) in [4.78, 5) is 12.2. The van der Waals surface area contributed by atoms with E-state index < -0.39 is 0 Å². The Bertz CT molecular complexity index is 626. The molecular weight excluding hydrogens is 440 g/mol. The van der Waals surface area contributed by atoms with Crippen molar-refractivity contribution in [3.63, 3.8) is 0 Å². The quantitative estimate of drug-likeness (QED) is 0.695. The lowest BCUT2D eigenvalue weighted by atomic mass is 10.2. The average molecular weight is 451 g/mol. The number of hydrogen-bond donors (Lipinski definition) is 1. The number of benzene rings is 1. The number of carbonyl (C=O) groups is 1. The first-order valence-corrected chi connectivity index (χ1v) is 7.85. The van der Waals surface area contributed by atoms with E-state index in [2.05, 4.69) is 53.1 Å². The summed E-state index contributed by atoms with van der Waals surface area (Å²) in [6.07, 6.45) is 1.84. The molecule has 0 aliphatic carbocycles. The van der Waals surface area contributed by atoms with Gasteiger partial charge in [0, 0.05) is 26.7 Å². The number of amides is 1. The van der Waals surface area contributed by atoms with E-state index in [4.69, 9.17) is 0 Å². The molecule has 0 radical (unpaired) electrons. The SMILES string of the molecule is Cc1cc(Br)c(NC(=O)c2cc(Br)cn2C)c(Br)c1. The molecule has 100 valence electrons. The molecule has 2 rings (SSSR count). The maximum atomic E-state index is 12.2. The average Bonchev–Trinajstić information content (AvgIpc) is 2.62. The Morgan fingerprint density at radius 1 is 1.16 bits per heavy atom. The normalized spacial score (nSPS) is 10.6. The van der Waals surface area contributed by atoms with Crippen molar-refractivity contribution in [1.82, 2.24) is 4.57 Å². The lowest BCUT2D eigenvalue weighted by Gasteiger charge is -2.11. The first kappa shape index (κ1) is 14.8. The molecule has 0 fully saturated rings. The molecular formula is C13H11Br3N2O. The molecule has 2 aromatic rings. The summed E-state index contributed by atoms with van der Waals surface area (Å²) in [6.45, 7) is 2.00. The smallest absolute Gasteiger partial charge is 0.272 e. The van der Waals surface area contributed by atoms with E-state index in [1.807, 2.05) is 32.3 Å². The zero-order valence-corrected chi connectivity index (χ0v) is 15.1. The molecule has 0 aliphatic heterocycles. The van der Waals surface area contributed by atoms with E-state index in [-0.39, 0.29) is 5.91 Å². The van der Waals surface area contributed by atoms with Crippen LogP contribution >= 0.6 is 47.8 Å². The predicted molar refractivity (Wildman–Crippen MR) is 87.6 cm³/mol. The highest BCUT2D eigenvalue weighted by Crippen LogP contribution is 2.32.